The minimum atomic E-state index is -0.794. The molecule has 41 heavy (non-hydrogen) atoms. The Bertz CT molecular complexity index is 1190. The SMILES string of the molecule is [2H]NC(=O)OCC1c2cc(CCCC(=O)NCC)ccc2Cc2ccc(CCCC(=O)NCCOC(C)CCO)cc21. The van der Waals surface area contributed by atoms with E-state index >= 15 is 0 Å². The van der Waals surface area contributed by atoms with E-state index in [4.69, 9.17) is 16.0 Å². The summed E-state index contributed by atoms with van der Waals surface area (Å²) < 4.78 is 18.0. The van der Waals surface area contributed by atoms with Crippen molar-refractivity contribution in [3.05, 3.63) is 69.8 Å². The standard InChI is InChI=1S/C32H45N3O6/c1-3-34-30(37)8-4-6-23-10-12-25-20-26-13-11-24(19-28(26)29(27(25)18-23)21-41-32(33)39)7-5-9-31(38)35-15-17-40-22(2)14-16-36/h10-13,18-19,22,29,36H,3-9,14-17,20-21H2,1-2H3,(H2,33,39)(H,34,37)(H,35,38)/i/hD. The van der Waals surface area contributed by atoms with Gasteiger partial charge < -0.3 is 30.9 Å². The number of aryl methyl sites for hydroxylation is 2. The van der Waals surface area contributed by atoms with Crippen LogP contribution in [0, 0.1) is 0 Å². The van der Waals surface area contributed by atoms with Gasteiger partial charge in [-0.3, -0.25) is 9.59 Å². The van der Waals surface area contributed by atoms with Crippen molar-refractivity contribution in [1.82, 2.24) is 10.6 Å². The molecule has 0 radical (unpaired) electrons. The van der Waals surface area contributed by atoms with Crippen molar-refractivity contribution in [1.29, 1.82) is 0 Å². The molecule has 1 aliphatic rings. The molecule has 3 amide bonds. The normalized spacial score (nSPS) is 14.7. The largest absolute Gasteiger partial charge is 0.449 e. The zero-order valence-corrected chi connectivity index (χ0v) is 24.3. The molecule has 0 aliphatic heterocycles. The van der Waals surface area contributed by atoms with E-state index in [1.165, 1.54) is 11.1 Å². The van der Waals surface area contributed by atoms with Crippen LogP contribution >= 0.6 is 0 Å². The van der Waals surface area contributed by atoms with Crippen LogP contribution in [0.4, 0.5) is 4.79 Å². The molecule has 5 N–H and O–H groups in total. The van der Waals surface area contributed by atoms with E-state index in [1.54, 1.807) is 5.73 Å². The average molecular weight is 569 g/mol. The van der Waals surface area contributed by atoms with Crippen LogP contribution in [0.2, 0.25) is 1.41 Å². The van der Waals surface area contributed by atoms with Crippen LogP contribution in [-0.2, 0) is 38.3 Å². The highest BCUT2D eigenvalue weighted by atomic mass is 16.5. The number of nitrogens with two attached hydrogens (primary N) is 1. The van der Waals surface area contributed by atoms with E-state index in [2.05, 4.69) is 47.0 Å². The molecule has 2 atom stereocenters. The molecule has 1 aliphatic carbocycles. The van der Waals surface area contributed by atoms with Crippen LogP contribution < -0.4 is 16.4 Å². The van der Waals surface area contributed by atoms with Gasteiger partial charge in [-0.2, -0.15) is 0 Å². The molecule has 3 rings (SSSR count). The quantitative estimate of drug-likeness (QED) is 0.215. The third-order valence-corrected chi connectivity index (χ3v) is 7.41. The fourth-order valence-electron chi connectivity index (χ4n) is 5.28. The van der Waals surface area contributed by atoms with Gasteiger partial charge in [0.2, 0.25) is 11.8 Å². The third kappa shape index (κ3) is 10.5. The average Bonchev–Trinajstić information content (AvgIpc) is 2.97. The first-order chi connectivity index (χ1) is 20.3. The summed E-state index contributed by atoms with van der Waals surface area (Å²) in [5.41, 5.74) is 8.57. The Labute approximate surface area is 244 Å². The van der Waals surface area contributed by atoms with Crippen LogP contribution in [0.15, 0.2) is 36.4 Å². The molecule has 2 aromatic carbocycles. The van der Waals surface area contributed by atoms with Gasteiger partial charge in [0.15, 0.2) is 1.41 Å². The van der Waals surface area contributed by atoms with Crippen LogP contribution in [-0.4, -0.2) is 62.0 Å². The number of hydrogen-bond donors (Lipinski definition) is 4. The van der Waals surface area contributed by atoms with E-state index in [-0.39, 0.29) is 37.0 Å². The van der Waals surface area contributed by atoms with Crippen LogP contribution in [0.25, 0.3) is 0 Å². The maximum atomic E-state index is 12.3. The number of hydrogen-bond acceptors (Lipinski definition) is 6. The maximum absolute atomic E-state index is 12.3. The fourth-order valence-corrected chi connectivity index (χ4v) is 5.28. The van der Waals surface area contributed by atoms with Crippen molar-refractivity contribution >= 4 is 17.9 Å². The number of aliphatic hydroxyl groups is 1. The van der Waals surface area contributed by atoms with Crippen molar-refractivity contribution < 1.29 is 30.4 Å². The highest BCUT2D eigenvalue weighted by Gasteiger charge is 2.27. The van der Waals surface area contributed by atoms with Gasteiger partial charge in [0.05, 0.1) is 12.7 Å². The van der Waals surface area contributed by atoms with Crippen molar-refractivity contribution in [2.75, 3.05) is 32.9 Å². The number of carbonyl (C=O) groups is 3. The Kier molecular flexibility index (Phi) is 12.5. The van der Waals surface area contributed by atoms with Crippen LogP contribution in [0.3, 0.4) is 0 Å². The van der Waals surface area contributed by atoms with Gasteiger partial charge in [0.25, 0.3) is 0 Å². The smallest absolute Gasteiger partial charge is 0.404 e. The van der Waals surface area contributed by atoms with Crippen molar-refractivity contribution in [3.63, 3.8) is 0 Å². The minimum absolute atomic E-state index is 0.0207. The number of carbonyl (C=O) groups excluding carboxylic acids is 3. The lowest BCUT2D eigenvalue weighted by Crippen LogP contribution is -2.28. The number of aliphatic hydroxyl groups excluding tert-OH is 1. The van der Waals surface area contributed by atoms with Crippen molar-refractivity contribution in [2.24, 2.45) is 5.73 Å². The van der Waals surface area contributed by atoms with E-state index in [9.17, 15) is 14.4 Å². The number of amides is 3. The first-order valence-electron chi connectivity index (χ1n) is 15.2. The minimum Gasteiger partial charge on any atom is -0.449 e. The molecule has 9 heteroatoms. The first-order valence-corrected chi connectivity index (χ1v) is 14.7. The Balaban J connectivity index is 1.64. The van der Waals surface area contributed by atoms with E-state index in [0.717, 1.165) is 47.9 Å². The summed E-state index contributed by atoms with van der Waals surface area (Å²) in [6.45, 7) is 5.47. The second-order valence-corrected chi connectivity index (χ2v) is 10.6. The third-order valence-electron chi connectivity index (χ3n) is 7.41. The second kappa shape index (κ2) is 16.7. The molecule has 224 valence electrons. The lowest BCUT2D eigenvalue weighted by Gasteiger charge is -2.29. The lowest BCUT2D eigenvalue weighted by molar-refractivity contribution is -0.122. The molecule has 0 fully saturated rings. The monoisotopic (exact) mass is 568 g/mol. The highest BCUT2D eigenvalue weighted by molar-refractivity contribution is 5.76. The van der Waals surface area contributed by atoms with Gasteiger partial charge >= 0.3 is 6.09 Å². The van der Waals surface area contributed by atoms with Gasteiger partial charge in [-0.05, 0) is 85.8 Å². The zero-order chi connectivity index (χ0) is 30.3. The molecule has 9 nitrogen and oxygen atoms in total. The summed E-state index contributed by atoms with van der Waals surface area (Å²) in [7, 11) is 0. The topological polar surface area (TPSA) is 140 Å². The maximum Gasteiger partial charge on any atom is 0.404 e. The molecule has 0 saturated carbocycles. The zero-order valence-electron chi connectivity index (χ0n) is 25.3. The summed E-state index contributed by atoms with van der Waals surface area (Å²) in [6.07, 6.45) is 4.34. The van der Waals surface area contributed by atoms with Crippen molar-refractivity contribution in [3.8, 4) is 0 Å². The second-order valence-electron chi connectivity index (χ2n) is 10.6. The summed E-state index contributed by atoms with van der Waals surface area (Å²) in [6, 6.07) is 12.8. The van der Waals surface area contributed by atoms with Crippen LogP contribution in [0.5, 0.6) is 0 Å². The summed E-state index contributed by atoms with van der Waals surface area (Å²) in [5, 5.41) is 14.6. The lowest BCUT2D eigenvalue weighted by atomic mass is 9.77. The molecule has 0 spiro atoms. The van der Waals surface area contributed by atoms with E-state index in [0.29, 0.717) is 45.4 Å². The number of nitrogens with one attached hydrogen (secondary N) is 2. The number of primary amides is 1. The molecular formula is C32H45N3O6. The van der Waals surface area contributed by atoms with Gasteiger partial charge in [0.1, 0.15) is 6.61 Å². The summed E-state index contributed by atoms with van der Waals surface area (Å²) in [4.78, 5) is 36.0. The van der Waals surface area contributed by atoms with Crippen LogP contribution in [0.1, 0.15) is 85.3 Å². The first kappa shape index (κ1) is 30.5. The summed E-state index contributed by atoms with van der Waals surface area (Å²) in [5.74, 6) is -0.145. The van der Waals surface area contributed by atoms with Gasteiger partial charge in [0, 0.05) is 38.5 Å². The van der Waals surface area contributed by atoms with Gasteiger partial charge in [-0.15, -0.1) is 0 Å². The number of benzene rings is 2. The molecule has 0 heterocycles. The highest BCUT2D eigenvalue weighted by Crippen LogP contribution is 2.38. The van der Waals surface area contributed by atoms with Gasteiger partial charge in [-0.25, -0.2) is 4.79 Å². The molecule has 2 unspecified atom stereocenters. The van der Waals surface area contributed by atoms with Gasteiger partial charge in [-0.1, -0.05) is 36.4 Å². The van der Waals surface area contributed by atoms with E-state index in [1.807, 2.05) is 13.8 Å². The Morgan fingerprint density at radius 2 is 1.63 bits per heavy atom. The molecule has 0 bridgehead atoms. The predicted molar refractivity (Wildman–Crippen MR) is 158 cm³/mol. The predicted octanol–water partition coefficient (Wildman–Crippen LogP) is 3.50. The Hall–Kier alpha value is -3.43. The molecule has 0 saturated heterocycles. The summed E-state index contributed by atoms with van der Waals surface area (Å²) >= 11 is 0. The van der Waals surface area contributed by atoms with Crippen molar-refractivity contribution in [2.45, 2.75) is 77.2 Å². The number of fused-ring (bicyclic) bond motifs is 2. The number of rotatable bonds is 17. The molecule has 0 aromatic heterocycles. The fraction of sp³-hybridized carbons (Fsp3) is 0.531. The Morgan fingerprint density at radius 1 is 1.02 bits per heavy atom. The molecular weight excluding hydrogens is 522 g/mol. The Morgan fingerprint density at radius 3 is 2.20 bits per heavy atom. The number of ether oxygens (including phenoxy) is 2. The van der Waals surface area contributed by atoms with E-state index < -0.39 is 6.09 Å². The molecule has 2 aromatic rings.